The standard InChI is InChI=1S/C47H51FN10O7.C27H28FN7O2.C19H24N4O6/c48-32-7-1-6-31(28-32)37-12-4-19-56(37)42-16-15-40-50-29-39(58(40)53-42)35-10-3-13-41(51-35)55-22-20-54(21-23-55)30-33(59)8-5-24-64-26-27-65-25-18-49-36-11-2-9-34-44(36)47(63)57(46(34)62)38-14-17-43(60)52-45(38)61;28-20-5-1-4-19(16-20)22-7-3-11-34(22)26-10-9-24-29-17-23(35(24)31-26)21-6-2-8-25(30-21)33-14-12-32(13-15-33)18-27(36)37;20-6-8-28-10-11-29-9-7-21-13-3-1-2-12-16(13)19(27)23(18(12)26)14-4-5-15(24)22-17(14)25/h1-3,6-7,9-11,13,15-16,28-29,37-38,49H,4-5,8,12,14,17-27,30H2,(H,52,60,61);1-2,4-6,8-10,16-17,22H,3,7,11-15,18H2,(H,36,37);1-3,14,21H,4-11,20H2,(H,22,24,25)/t37-,38?;22-;/m11./s1. The number of benzene rings is 4. The Kier molecular flexibility index (Phi) is 29.4. The van der Waals surface area contributed by atoms with E-state index in [1.165, 1.54) is 12.1 Å². The van der Waals surface area contributed by atoms with Crippen molar-refractivity contribution in [3.63, 3.8) is 0 Å². The van der Waals surface area contributed by atoms with Gasteiger partial charge in [-0.1, -0.05) is 48.5 Å². The van der Waals surface area contributed by atoms with Crippen LogP contribution in [0.15, 0.2) is 158 Å². The fourth-order valence-electron chi connectivity index (χ4n) is 17.8. The minimum atomic E-state index is -1.03. The number of Topliss-reactive ketones (excluding diaryl/α,β-unsaturated/α-hetero) is 1. The number of rotatable bonds is 34. The van der Waals surface area contributed by atoms with Gasteiger partial charge in [0.15, 0.2) is 11.3 Å². The third-order valence-corrected chi connectivity index (χ3v) is 24.2. The van der Waals surface area contributed by atoms with Crippen LogP contribution in [0.25, 0.3) is 34.1 Å². The van der Waals surface area contributed by atoms with E-state index in [9.17, 15) is 56.7 Å². The molecule has 4 atom stereocenters. The number of piperidine rings is 2. The lowest BCUT2D eigenvalue weighted by molar-refractivity contribution is -0.139. The van der Waals surface area contributed by atoms with Crippen LogP contribution in [-0.4, -0.2) is 286 Å². The number of carboxylic acid groups (broad SMARTS) is 1. The second kappa shape index (κ2) is 42.4. The smallest absolute Gasteiger partial charge is 0.317 e. The van der Waals surface area contributed by atoms with Crippen molar-refractivity contribution in [2.24, 2.45) is 5.73 Å². The number of amides is 8. The number of nitrogens with zero attached hydrogens (tertiary/aromatic N) is 16. The van der Waals surface area contributed by atoms with Gasteiger partial charge in [-0.3, -0.25) is 78.2 Å². The molecule has 7 N–H and O–H groups in total. The summed E-state index contributed by atoms with van der Waals surface area (Å²) in [4.78, 5) is 157. The van der Waals surface area contributed by atoms with Crippen LogP contribution in [0.5, 0.6) is 0 Å². The first-order valence-electron chi connectivity index (χ1n) is 44.4. The fourth-order valence-corrected chi connectivity index (χ4v) is 17.8. The molecule has 6 saturated heterocycles. The molecular weight excluding hydrogens is 1690 g/mol. The number of nitrogens with two attached hydrogens (primary N) is 1. The number of hydrogen-bond acceptors (Lipinski definition) is 29. The molecule has 18 rings (SSSR count). The molecular formula is C93H103F2N21O15. The third-order valence-electron chi connectivity index (χ3n) is 24.2. The minimum Gasteiger partial charge on any atom is -0.480 e. The molecule has 36 nitrogen and oxygen atoms in total. The first-order chi connectivity index (χ1) is 63.8. The van der Waals surface area contributed by atoms with Gasteiger partial charge in [-0.25, -0.2) is 37.7 Å². The summed E-state index contributed by atoms with van der Waals surface area (Å²) in [5, 5.41) is 29.6. The maximum absolute atomic E-state index is 14.1. The average Bonchev–Trinajstić information content (AvgIpc) is 1.60. The fraction of sp³-hybridized carbons (Fsp3) is 0.398. The highest BCUT2D eigenvalue weighted by molar-refractivity contribution is 6.26. The number of ether oxygens (including phenoxy) is 4. The van der Waals surface area contributed by atoms with Crippen LogP contribution < -0.4 is 46.6 Å². The van der Waals surface area contributed by atoms with Gasteiger partial charge in [0.2, 0.25) is 23.6 Å². The normalized spacial score (nSPS) is 18.9. The van der Waals surface area contributed by atoms with Crippen LogP contribution in [0.3, 0.4) is 0 Å². The topological polar surface area (TPSA) is 414 Å². The number of carboxylic acids is 1. The Morgan fingerprint density at radius 2 is 0.893 bits per heavy atom. The molecule has 14 heterocycles. The van der Waals surface area contributed by atoms with Crippen molar-refractivity contribution in [3.8, 4) is 22.8 Å². The monoisotopic (exact) mass is 1790 g/mol. The van der Waals surface area contributed by atoms with Gasteiger partial charge in [-0.05, 0) is 153 Å². The molecule has 0 saturated carbocycles. The predicted molar refractivity (Wildman–Crippen MR) is 479 cm³/mol. The number of aromatic nitrogens is 8. The number of aliphatic carboxylic acids is 1. The summed E-state index contributed by atoms with van der Waals surface area (Å²) >= 11 is 0. The quantitative estimate of drug-likeness (QED) is 0.0171. The summed E-state index contributed by atoms with van der Waals surface area (Å²) in [7, 11) is 0. The first kappa shape index (κ1) is 90.8. The molecule has 0 bridgehead atoms. The predicted octanol–water partition coefficient (Wildman–Crippen LogP) is 7.26. The lowest BCUT2D eigenvalue weighted by Crippen LogP contribution is -2.54. The number of imidazole rings is 2. The first-order valence-corrected chi connectivity index (χ1v) is 44.4. The van der Waals surface area contributed by atoms with Gasteiger partial charge in [-0.2, -0.15) is 0 Å². The molecule has 0 aliphatic carbocycles. The molecule has 8 aliphatic heterocycles. The number of halogens is 2. The van der Waals surface area contributed by atoms with Crippen LogP contribution in [0.1, 0.15) is 129 Å². The van der Waals surface area contributed by atoms with Gasteiger partial charge in [0, 0.05) is 122 Å². The number of carbonyl (C=O) groups is 10. The summed E-state index contributed by atoms with van der Waals surface area (Å²) < 4.78 is 53.7. The lowest BCUT2D eigenvalue weighted by Gasteiger charge is -2.35. The summed E-state index contributed by atoms with van der Waals surface area (Å²) in [5.41, 5.74) is 13.6. The molecule has 38 heteroatoms. The van der Waals surface area contributed by atoms with E-state index in [4.69, 9.17) is 50.0 Å². The lowest BCUT2D eigenvalue weighted by atomic mass is 10.0. The Balaban J connectivity index is 0.000000159. The van der Waals surface area contributed by atoms with Gasteiger partial charge in [0.1, 0.15) is 64.2 Å². The van der Waals surface area contributed by atoms with E-state index in [2.05, 4.69) is 55.7 Å². The molecule has 8 amide bonds. The van der Waals surface area contributed by atoms with Crippen molar-refractivity contribution in [1.29, 1.82) is 0 Å². The maximum Gasteiger partial charge on any atom is 0.317 e. The number of anilines is 6. The zero-order chi connectivity index (χ0) is 91.0. The van der Waals surface area contributed by atoms with Crippen LogP contribution in [0, 0.1) is 11.6 Å². The van der Waals surface area contributed by atoms with Crippen LogP contribution in [0.2, 0.25) is 0 Å². The number of fused-ring (bicyclic) bond motifs is 4. The third kappa shape index (κ3) is 21.3. The molecule has 0 radical (unpaired) electrons. The number of nitrogens with one attached hydrogen (secondary N) is 4. The van der Waals surface area contributed by atoms with Gasteiger partial charge < -0.3 is 60.0 Å². The Morgan fingerprint density at radius 1 is 0.458 bits per heavy atom. The van der Waals surface area contributed by atoms with E-state index in [0.717, 1.165) is 156 Å². The molecule has 131 heavy (non-hydrogen) atoms. The molecule has 684 valence electrons. The summed E-state index contributed by atoms with van der Waals surface area (Å²) in [6.07, 6.45) is 8.87. The van der Waals surface area contributed by atoms with Crippen molar-refractivity contribution in [2.75, 3.05) is 181 Å². The zero-order valence-electron chi connectivity index (χ0n) is 72.3. The van der Waals surface area contributed by atoms with Crippen molar-refractivity contribution in [2.45, 2.75) is 88.4 Å². The number of hydrogen-bond donors (Lipinski definition) is 6. The van der Waals surface area contributed by atoms with E-state index >= 15 is 0 Å². The van der Waals surface area contributed by atoms with Crippen LogP contribution >= 0.6 is 0 Å². The molecule has 4 aromatic carbocycles. The number of pyridine rings is 2. The Hall–Kier alpha value is -13.5. The average molecular weight is 1790 g/mol. The molecule has 0 spiro atoms. The van der Waals surface area contributed by atoms with Crippen molar-refractivity contribution < 1.29 is 80.8 Å². The van der Waals surface area contributed by atoms with E-state index in [-0.39, 0.29) is 84.0 Å². The highest BCUT2D eigenvalue weighted by atomic mass is 19.1. The Morgan fingerprint density at radius 3 is 1.34 bits per heavy atom. The zero-order valence-corrected chi connectivity index (χ0v) is 72.3. The SMILES string of the molecule is NCCOCCOCCNc1cccc2c1C(=O)N(C1CCC(=O)NC1=O)C2=O.O=C(CCCOCCOCCNc1cccc2c1C(=O)N(C1CCC(=O)NC1=O)C2=O)CN1CCN(c2cccc(-c3cnc4ccc(N5CCC[C@@H]5c5cccc(F)c5)nn34)n2)CC1.O=C(O)CN1CCN(c2cccc(-c3cnc4ccc(N5CCC[C@@H]5c5cccc(F)c5)nn34)n2)CC1. The Labute approximate surface area is 752 Å². The minimum absolute atomic E-state index is 0.0493. The summed E-state index contributed by atoms with van der Waals surface area (Å²) in [6.45, 7) is 12.4. The molecule has 8 aliphatic rings. The van der Waals surface area contributed by atoms with E-state index in [1.807, 2.05) is 86.7 Å². The molecule has 2 unspecified atom stereocenters. The molecule has 6 aromatic heterocycles. The highest BCUT2D eigenvalue weighted by Crippen LogP contribution is 2.40. The van der Waals surface area contributed by atoms with Gasteiger partial charge in [0.25, 0.3) is 23.6 Å². The number of imide groups is 4. The van der Waals surface area contributed by atoms with Gasteiger partial charge in [-0.15, -0.1) is 10.2 Å². The number of ketones is 1. The highest BCUT2D eigenvalue weighted by Gasteiger charge is 2.48. The molecule has 10 aromatic rings. The largest absolute Gasteiger partial charge is 0.480 e. The van der Waals surface area contributed by atoms with Gasteiger partial charge >= 0.3 is 5.97 Å². The van der Waals surface area contributed by atoms with E-state index in [0.29, 0.717) is 116 Å². The number of piperazine rings is 2. The van der Waals surface area contributed by atoms with Crippen molar-refractivity contribution in [1.82, 2.24) is 69.4 Å². The molecule has 6 fully saturated rings. The Bertz CT molecular complexity index is 5880. The maximum atomic E-state index is 14.1. The van der Waals surface area contributed by atoms with E-state index in [1.54, 1.807) is 73.1 Å². The van der Waals surface area contributed by atoms with E-state index < -0.39 is 65.3 Å². The van der Waals surface area contributed by atoms with Crippen LogP contribution in [-0.2, 0) is 47.7 Å². The van der Waals surface area contributed by atoms with Crippen molar-refractivity contribution >= 4 is 105 Å². The number of carbonyl (C=O) groups excluding carboxylic acids is 9. The second-order valence-electron chi connectivity index (χ2n) is 32.8. The van der Waals surface area contributed by atoms with Crippen molar-refractivity contribution in [3.05, 3.63) is 203 Å². The van der Waals surface area contributed by atoms with Crippen LogP contribution in [0.4, 0.5) is 43.4 Å². The van der Waals surface area contributed by atoms with Gasteiger partial charge in [0.05, 0.1) is 117 Å². The summed E-state index contributed by atoms with van der Waals surface area (Å²) in [5.74, 6) is -2.05. The second-order valence-corrected chi connectivity index (χ2v) is 32.8. The summed E-state index contributed by atoms with van der Waals surface area (Å²) in [6, 6.07) is 41.3.